The number of guanidine groups is 1. The van der Waals surface area contributed by atoms with Crippen LogP contribution in [-0.4, -0.2) is 85.8 Å². The summed E-state index contributed by atoms with van der Waals surface area (Å²) in [4.78, 5) is 44.7. The molecule has 2 aromatic carbocycles. The number of rotatable bonds is 8. The standard InChI is InChI=1S/C26H31FN6O5/c27-20-15-19(7-8-22(20)32-11-13-33(14-12-32)25-28-9-4-10-29-25)23(34)30-16-21(24(35)36)31-26(37)38-17-18-5-2-1-3-6-18/h1-3,5-8,15,21H,4,9-14,16-17H2,(H,28,29)(H,30,34)(H,31,37)(H,35,36)/t21-/m0/s1. The second kappa shape index (κ2) is 12.7. The van der Waals surface area contributed by atoms with Gasteiger partial charge in [0.25, 0.3) is 5.91 Å². The lowest BCUT2D eigenvalue weighted by atomic mass is 10.1. The number of carboxylic acids is 1. The minimum Gasteiger partial charge on any atom is -0.480 e. The van der Waals surface area contributed by atoms with Crippen LogP contribution < -0.4 is 20.9 Å². The lowest BCUT2D eigenvalue weighted by Gasteiger charge is -2.38. The monoisotopic (exact) mass is 526 g/mol. The van der Waals surface area contributed by atoms with Crippen LogP contribution in [0.25, 0.3) is 0 Å². The van der Waals surface area contributed by atoms with E-state index in [2.05, 4.69) is 25.8 Å². The van der Waals surface area contributed by atoms with Crippen LogP contribution in [0.4, 0.5) is 14.9 Å². The summed E-state index contributed by atoms with van der Waals surface area (Å²) in [6.07, 6.45) is 0.0842. The number of nitrogens with zero attached hydrogens (tertiary/aromatic N) is 3. The molecule has 2 aliphatic heterocycles. The molecule has 1 saturated heterocycles. The van der Waals surface area contributed by atoms with Gasteiger partial charge in [-0.3, -0.25) is 9.79 Å². The molecule has 0 aromatic heterocycles. The third kappa shape index (κ3) is 7.11. The minimum absolute atomic E-state index is 0.0301. The first-order valence-electron chi connectivity index (χ1n) is 12.5. The number of alkyl carbamates (subject to hydrolysis) is 1. The van der Waals surface area contributed by atoms with Crippen molar-refractivity contribution < 1.29 is 28.6 Å². The number of amides is 2. The predicted molar refractivity (Wildman–Crippen MR) is 139 cm³/mol. The van der Waals surface area contributed by atoms with E-state index >= 15 is 0 Å². The van der Waals surface area contributed by atoms with E-state index in [1.807, 2.05) is 11.0 Å². The fourth-order valence-electron chi connectivity index (χ4n) is 4.20. The van der Waals surface area contributed by atoms with Gasteiger partial charge in [-0.2, -0.15) is 0 Å². The van der Waals surface area contributed by atoms with E-state index < -0.39 is 36.4 Å². The molecule has 1 fully saturated rings. The van der Waals surface area contributed by atoms with Gasteiger partial charge in [-0.05, 0) is 30.2 Å². The van der Waals surface area contributed by atoms with Crippen molar-refractivity contribution in [2.45, 2.75) is 19.1 Å². The highest BCUT2D eigenvalue weighted by atomic mass is 19.1. The fraction of sp³-hybridized carbons (Fsp3) is 0.385. The highest BCUT2D eigenvalue weighted by molar-refractivity contribution is 5.95. The number of aliphatic imine (C=N–C) groups is 1. The number of halogens is 1. The summed E-state index contributed by atoms with van der Waals surface area (Å²) >= 11 is 0. The summed E-state index contributed by atoms with van der Waals surface area (Å²) < 4.78 is 20.0. The Morgan fingerprint density at radius 3 is 2.47 bits per heavy atom. The first-order chi connectivity index (χ1) is 18.4. The number of hydrogen-bond acceptors (Lipinski definition) is 8. The summed E-state index contributed by atoms with van der Waals surface area (Å²) in [6.45, 7) is 3.89. The van der Waals surface area contributed by atoms with Gasteiger partial charge in [-0.1, -0.05) is 30.3 Å². The topological polar surface area (TPSA) is 136 Å². The molecule has 0 radical (unpaired) electrons. The molecule has 4 N–H and O–H groups in total. The molecule has 0 saturated carbocycles. The maximum atomic E-state index is 14.9. The number of carbonyl (C=O) groups excluding carboxylic acids is 2. The Morgan fingerprint density at radius 2 is 1.82 bits per heavy atom. The second-order valence-electron chi connectivity index (χ2n) is 8.93. The van der Waals surface area contributed by atoms with Crippen molar-refractivity contribution in [3.05, 3.63) is 65.5 Å². The molecule has 1 atom stereocenters. The SMILES string of the molecule is O=C(N[C@@H](CNC(=O)c1ccc(N2CCN(C3=NCCCN3)CC2)c(F)c1)C(=O)O)OCc1ccccc1. The molecular formula is C26H31FN6O5. The molecule has 0 bridgehead atoms. The van der Waals surface area contributed by atoms with Gasteiger partial charge in [0.2, 0.25) is 0 Å². The Hall–Kier alpha value is -4.35. The Balaban J connectivity index is 1.27. The Bertz CT molecular complexity index is 1170. The predicted octanol–water partition coefficient (Wildman–Crippen LogP) is 1.41. The molecule has 202 valence electrons. The van der Waals surface area contributed by atoms with E-state index in [9.17, 15) is 23.9 Å². The molecule has 2 aromatic rings. The molecule has 2 heterocycles. The normalized spacial score (nSPS) is 16.1. The van der Waals surface area contributed by atoms with Crippen molar-refractivity contribution in [2.75, 3.05) is 50.7 Å². The van der Waals surface area contributed by atoms with Crippen molar-refractivity contribution in [3.8, 4) is 0 Å². The number of carbonyl (C=O) groups is 3. The van der Waals surface area contributed by atoms with Crippen molar-refractivity contribution in [2.24, 2.45) is 4.99 Å². The molecule has 0 aliphatic carbocycles. The van der Waals surface area contributed by atoms with Crippen LogP contribution in [0.1, 0.15) is 22.3 Å². The molecular weight excluding hydrogens is 495 g/mol. The number of hydrogen-bond donors (Lipinski definition) is 4. The van der Waals surface area contributed by atoms with Crippen LogP contribution in [0.15, 0.2) is 53.5 Å². The van der Waals surface area contributed by atoms with Crippen LogP contribution in [0.2, 0.25) is 0 Å². The maximum Gasteiger partial charge on any atom is 0.408 e. The Labute approximate surface area is 219 Å². The third-order valence-electron chi connectivity index (χ3n) is 6.28. The van der Waals surface area contributed by atoms with Crippen LogP contribution in [0, 0.1) is 5.82 Å². The summed E-state index contributed by atoms with van der Waals surface area (Å²) in [5.74, 6) is -1.66. The van der Waals surface area contributed by atoms with Crippen LogP contribution >= 0.6 is 0 Å². The van der Waals surface area contributed by atoms with Gasteiger partial charge in [0.1, 0.15) is 18.5 Å². The molecule has 2 amide bonds. The van der Waals surface area contributed by atoms with Gasteiger partial charge in [-0.15, -0.1) is 0 Å². The lowest BCUT2D eigenvalue weighted by Crippen LogP contribution is -2.53. The average molecular weight is 527 g/mol. The fourth-order valence-corrected chi connectivity index (χ4v) is 4.20. The van der Waals surface area contributed by atoms with E-state index in [1.54, 1.807) is 30.3 Å². The first kappa shape index (κ1) is 26.7. The number of ether oxygens (including phenoxy) is 1. The van der Waals surface area contributed by atoms with Crippen LogP contribution in [-0.2, 0) is 16.1 Å². The third-order valence-corrected chi connectivity index (χ3v) is 6.28. The average Bonchev–Trinajstić information content (AvgIpc) is 2.95. The van der Waals surface area contributed by atoms with Gasteiger partial charge in [0, 0.05) is 51.4 Å². The smallest absolute Gasteiger partial charge is 0.408 e. The second-order valence-corrected chi connectivity index (χ2v) is 8.93. The quantitative estimate of drug-likeness (QED) is 0.406. The van der Waals surface area contributed by atoms with Crippen LogP contribution in [0.5, 0.6) is 0 Å². The van der Waals surface area contributed by atoms with Crippen molar-refractivity contribution in [1.82, 2.24) is 20.9 Å². The van der Waals surface area contributed by atoms with E-state index in [4.69, 9.17) is 4.74 Å². The number of benzene rings is 2. The van der Waals surface area contributed by atoms with Gasteiger partial charge in [0.15, 0.2) is 5.96 Å². The molecule has 12 heteroatoms. The van der Waals surface area contributed by atoms with Crippen LogP contribution in [0.3, 0.4) is 0 Å². The molecule has 0 spiro atoms. The van der Waals surface area contributed by atoms with Gasteiger partial charge >= 0.3 is 12.1 Å². The van der Waals surface area contributed by atoms with Crippen molar-refractivity contribution in [3.63, 3.8) is 0 Å². The summed E-state index contributed by atoms with van der Waals surface area (Å²) in [5.41, 5.74) is 1.18. The van der Waals surface area contributed by atoms with E-state index in [1.165, 1.54) is 6.07 Å². The molecule has 0 unspecified atom stereocenters. The summed E-state index contributed by atoms with van der Waals surface area (Å²) in [5, 5.41) is 17.4. The molecule has 4 rings (SSSR count). The van der Waals surface area contributed by atoms with E-state index in [0.717, 1.165) is 37.1 Å². The Kier molecular flexibility index (Phi) is 8.96. The number of anilines is 1. The summed E-state index contributed by atoms with van der Waals surface area (Å²) in [7, 11) is 0. The zero-order valence-electron chi connectivity index (χ0n) is 20.9. The highest BCUT2D eigenvalue weighted by Gasteiger charge is 2.24. The van der Waals surface area contributed by atoms with Gasteiger partial charge < -0.3 is 35.6 Å². The van der Waals surface area contributed by atoms with Crippen molar-refractivity contribution in [1.29, 1.82) is 0 Å². The number of nitrogens with one attached hydrogen (secondary N) is 3. The summed E-state index contributed by atoms with van der Waals surface area (Å²) in [6, 6.07) is 11.6. The number of carboxylic acid groups (broad SMARTS) is 1. The zero-order chi connectivity index (χ0) is 26.9. The van der Waals surface area contributed by atoms with Gasteiger partial charge in [-0.25, -0.2) is 14.0 Å². The largest absolute Gasteiger partial charge is 0.480 e. The maximum absolute atomic E-state index is 14.9. The first-order valence-corrected chi connectivity index (χ1v) is 12.5. The number of piperazine rings is 1. The molecule has 2 aliphatic rings. The zero-order valence-corrected chi connectivity index (χ0v) is 20.9. The van der Waals surface area contributed by atoms with Gasteiger partial charge in [0.05, 0.1) is 5.69 Å². The van der Waals surface area contributed by atoms with E-state index in [0.29, 0.717) is 31.9 Å². The molecule has 11 nitrogen and oxygen atoms in total. The molecule has 38 heavy (non-hydrogen) atoms. The number of aliphatic carboxylic acids is 1. The lowest BCUT2D eigenvalue weighted by molar-refractivity contribution is -0.139. The minimum atomic E-state index is -1.43. The van der Waals surface area contributed by atoms with Crippen molar-refractivity contribution >= 4 is 29.6 Å². The van der Waals surface area contributed by atoms with E-state index in [-0.39, 0.29) is 12.2 Å². The highest BCUT2D eigenvalue weighted by Crippen LogP contribution is 2.22. The Morgan fingerprint density at radius 1 is 1.08 bits per heavy atom.